The van der Waals surface area contributed by atoms with Gasteiger partial charge in [-0.1, -0.05) is 66.7 Å². The van der Waals surface area contributed by atoms with Crippen molar-refractivity contribution in [2.24, 2.45) is 15.9 Å². The van der Waals surface area contributed by atoms with Crippen LogP contribution in [0.1, 0.15) is 56.9 Å². The molecule has 0 bridgehead atoms. The first-order valence-corrected chi connectivity index (χ1v) is 14.4. The normalized spacial score (nSPS) is 14.9. The minimum absolute atomic E-state index is 0.0431. The summed E-state index contributed by atoms with van der Waals surface area (Å²) in [5.41, 5.74) is 2.96. The number of carbonyl (C=O) groups is 1. The molecular weight excluding hydrogens is 506 g/mol. The van der Waals surface area contributed by atoms with Gasteiger partial charge in [-0.25, -0.2) is 0 Å². The summed E-state index contributed by atoms with van der Waals surface area (Å²) in [6.07, 6.45) is 13.6. The minimum Gasteiger partial charge on any atom is -0.356 e. The van der Waals surface area contributed by atoms with Gasteiger partial charge in [0.05, 0.1) is 20.6 Å². The van der Waals surface area contributed by atoms with E-state index in [0.717, 1.165) is 61.8 Å². The number of halogens is 1. The fourth-order valence-electron chi connectivity index (χ4n) is 3.71. The fourth-order valence-corrected chi connectivity index (χ4v) is 5.77. The first kappa shape index (κ1) is 28.2. The predicted octanol–water partition coefficient (Wildman–Crippen LogP) is 8.09. The molecule has 2 heterocycles. The van der Waals surface area contributed by atoms with E-state index in [2.05, 4.69) is 41.5 Å². The largest absolute Gasteiger partial charge is 0.356 e. The summed E-state index contributed by atoms with van der Waals surface area (Å²) in [4.78, 5) is 24.7. The van der Waals surface area contributed by atoms with Crippen LogP contribution < -0.4 is 5.32 Å². The number of aliphatic imine (C=N–C) groups is 2. The molecule has 0 saturated heterocycles. The molecule has 0 radical (unpaired) electrons. The number of thioether (sulfide) groups is 1. The average Bonchev–Trinajstić information content (AvgIpc) is 3.24. The third-order valence-electron chi connectivity index (χ3n) is 5.61. The lowest BCUT2D eigenvalue weighted by molar-refractivity contribution is -0.120. The highest BCUT2D eigenvalue weighted by atomic mass is 35.5. The van der Waals surface area contributed by atoms with Gasteiger partial charge in [0, 0.05) is 34.9 Å². The highest BCUT2D eigenvalue weighted by Gasteiger charge is 2.19. The quantitative estimate of drug-likeness (QED) is 0.168. The zero-order chi connectivity index (χ0) is 25.8. The van der Waals surface area contributed by atoms with Crippen molar-refractivity contribution in [2.45, 2.75) is 51.3 Å². The van der Waals surface area contributed by atoms with E-state index in [4.69, 9.17) is 16.6 Å². The van der Waals surface area contributed by atoms with Gasteiger partial charge in [-0.3, -0.25) is 14.8 Å². The second kappa shape index (κ2) is 15.0. The molecule has 0 fully saturated rings. The number of allylic oxidation sites excluding steroid dienone is 3. The van der Waals surface area contributed by atoms with Crippen molar-refractivity contribution in [3.05, 3.63) is 86.1 Å². The maximum absolute atomic E-state index is 12.3. The summed E-state index contributed by atoms with van der Waals surface area (Å²) < 4.78 is 0.749. The molecule has 1 aliphatic heterocycles. The minimum atomic E-state index is 0.0431. The van der Waals surface area contributed by atoms with Crippen LogP contribution in [0, 0.1) is 5.92 Å². The van der Waals surface area contributed by atoms with Crippen LogP contribution in [0.4, 0.5) is 0 Å². The number of nitrogens with zero attached hydrogens (tertiary/aromatic N) is 2. The van der Waals surface area contributed by atoms with Crippen LogP contribution in [-0.2, 0) is 4.79 Å². The Kier molecular flexibility index (Phi) is 11.7. The molecular formula is C29H34ClN3OS2. The lowest BCUT2D eigenvalue weighted by Crippen LogP contribution is -2.23. The predicted molar refractivity (Wildman–Crippen MR) is 158 cm³/mol. The standard InChI is InChI=1S/C29H34ClN3OS2/c1-4-31-19-8-7-11-21(2)12-10-20-32-28(34)16-9-15-24-22(3)33-29(26-17-18-27(30)36-26)23-13-5-6-14-25(23)35-24/h4-7,9,11,13-15,17-18,21H,8,10,12,16,19-20H2,1-3H3,(H,32,34)/b11-7-,15-9-,31-4?. The number of hydrogen-bond donors (Lipinski definition) is 1. The zero-order valence-corrected chi connectivity index (χ0v) is 23.6. The molecule has 1 N–H and O–H groups in total. The Balaban J connectivity index is 1.52. The van der Waals surface area contributed by atoms with Crippen molar-refractivity contribution in [2.75, 3.05) is 13.1 Å². The molecule has 0 aliphatic carbocycles. The molecule has 7 heteroatoms. The molecule has 1 unspecified atom stereocenters. The molecule has 3 rings (SSSR count). The van der Waals surface area contributed by atoms with Crippen LogP contribution in [0.15, 0.2) is 86.2 Å². The van der Waals surface area contributed by atoms with Crippen molar-refractivity contribution in [3.8, 4) is 0 Å². The van der Waals surface area contributed by atoms with Crippen molar-refractivity contribution in [1.29, 1.82) is 0 Å². The van der Waals surface area contributed by atoms with Gasteiger partial charge in [-0.15, -0.1) is 11.3 Å². The number of amides is 1. The summed E-state index contributed by atoms with van der Waals surface area (Å²) in [7, 11) is 0. The molecule has 1 amide bonds. The average molecular weight is 540 g/mol. The lowest BCUT2D eigenvalue weighted by Gasteiger charge is -2.08. The third-order valence-corrected chi connectivity index (χ3v) is 8.07. The van der Waals surface area contributed by atoms with Crippen LogP contribution >= 0.6 is 34.7 Å². The highest BCUT2D eigenvalue weighted by Crippen LogP contribution is 2.38. The molecule has 36 heavy (non-hydrogen) atoms. The summed E-state index contributed by atoms with van der Waals surface area (Å²) >= 11 is 9.41. The van der Waals surface area contributed by atoms with E-state index >= 15 is 0 Å². The Morgan fingerprint density at radius 1 is 1.22 bits per heavy atom. The molecule has 190 valence electrons. The molecule has 1 aromatic heterocycles. The van der Waals surface area contributed by atoms with E-state index in [0.29, 0.717) is 18.9 Å². The van der Waals surface area contributed by atoms with Crippen LogP contribution in [0.5, 0.6) is 0 Å². The summed E-state index contributed by atoms with van der Waals surface area (Å²) in [6.45, 7) is 7.72. The molecule has 1 atom stereocenters. The third kappa shape index (κ3) is 8.91. The number of benzene rings is 1. The highest BCUT2D eigenvalue weighted by molar-refractivity contribution is 8.03. The van der Waals surface area contributed by atoms with E-state index in [-0.39, 0.29) is 5.91 Å². The van der Waals surface area contributed by atoms with Gasteiger partial charge in [0.15, 0.2) is 0 Å². The topological polar surface area (TPSA) is 53.8 Å². The van der Waals surface area contributed by atoms with E-state index in [9.17, 15) is 4.79 Å². The number of thiophene rings is 1. The Hall–Kier alpha value is -2.41. The van der Waals surface area contributed by atoms with E-state index in [1.54, 1.807) is 11.8 Å². The van der Waals surface area contributed by atoms with Crippen LogP contribution in [0.2, 0.25) is 4.34 Å². The Bertz CT molecular complexity index is 1180. The summed E-state index contributed by atoms with van der Waals surface area (Å²) in [5, 5.41) is 3.03. The smallest absolute Gasteiger partial charge is 0.223 e. The summed E-state index contributed by atoms with van der Waals surface area (Å²) in [6, 6.07) is 12.2. The number of hydrogen-bond acceptors (Lipinski definition) is 5. The number of nitrogens with one attached hydrogen (secondary N) is 1. The van der Waals surface area contributed by atoms with Crippen LogP contribution in [0.3, 0.4) is 0 Å². The molecule has 0 saturated carbocycles. The van der Waals surface area contributed by atoms with Crippen molar-refractivity contribution in [3.63, 3.8) is 0 Å². The van der Waals surface area contributed by atoms with Gasteiger partial charge in [0.25, 0.3) is 0 Å². The molecule has 2 aromatic rings. The van der Waals surface area contributed by atoms with E-state index in [1.165, 1.54) is 11.3 Å². The van der Waals surface area contributed by atoms with Crippen molar-refractivity contribution < 1.29 is 4.79 Å². The second-order valence-electron chi connectivity index (χ2n) is 8.57. The lowest BCUT2D eigenvalue weighted by atomic mass is 10.0. The van der Waals surface area contributed by atoms with Gasteiger partial charge >= 0.3 is 0 Å². The van der Waals surface area contributed by atoms with E-state index < -0.39 is 0 Å². The Labute approximate surface area is 228 Å². The Morgan fingerprint density at radius 3 is 2.83 bits per heavy atom. The molecule has 4 nitrogen and oxygen atoms in total. The van der Waals surface area contributed by atoms with Gasteiger partial charge in [-0.2, -0.15) is 0 Å². The number of fused-ring (bicyclic) bond motifs is 1. The molecule has 0 spiro atoms. The summed E-state index contributed by atoms with van der Waals surface area (Å²) in [5.74, 6) is 0.551. The number of carbonyl (C=O) groups excluding carboxylic acids is 1. The van der Waals surface area contributed by atoms with E-state index in [1.807, 2.05) is 56.5 Å². The maximum Gasteiger partial charge on any atom is 0.223 e. The van der Waals surface area contributed by atoms with Gasteiger partial charge in [0.2, 0.25) is 5.91 Å². The van der Waals surface area contributed by atoms with Gasteiger partial charge < -0.3 is 5.32 Å². The van der Waals surface area contributed by atoms with Gasteiger partial charge in [-0.05, 0) is 69.5 Å². The van der Waals surface area contributed by atoms with Gasteiger partial charge in [0.1, 0.15) is 0 Å². The van der Waals surface area contributed by atoms with Crippen LogP contribution in [0.25, 0.3) is 0 Å². The van der Waals surface area contributed by atoms with Crippen LogP contribution in [-0.4, -0.2) is 30.9 Å². The fraction of sp³-hybridized carbons (Fsp3) is 0.345. The first-order valence-electron chi connectivity index (χ1n) is 12.3. The SMILES string of the molecule is CC=NCC/C=C\C(C)CCCNC(=O)C/C=C\C1=C(C)N=C(c2ccc(Cl)s2)c2ccccc2S1. The molecule has 1 aromatic carbocycles. The second-order valence-corrected chi connectivity index (χ2v) is 11.4. The van der Waals surface area contributed by atoms with Crippen molar-refractivity contribution >= 4 is 52.5 Å². The Morgan fingerprint density at radius 2 is 2.06 bits per heavy atom. The molecule has 1 aliphatic rings. The monoisotopic (exact) mass is 539 g/mol. The zero-order valence-electron chi connectivity index (χ0n) is 21.2. The van der Waals surface area contributed by atoms with Crippen molar-refractivity contribution in [1.82, 2.24) is 5.32 Å². The number of rotatable bonds is 12. The first-order chi connectivity index (χ1) is 17.5. The maximum atomic E-state index is 12.3.